The highest BCUT2D eigenvalue weighted by Crippen LogP contribution is 2.23. The van der Waals surface area contributed by atoms with E-state index >= 15 is 0 Å². The zero-order valence-electron chi connectivity index (χ0n) is 14.5. The Morgan fingerprint density at radius 1 is 1.38 bits per heavy atom. The summed E-state index contributed by atoms with van der Waals surface area (Å²) in [7, 11) is 0. The Kier molecular flexibility index (Phi) is 5.00. The van der Waals surface area contributed by atoms with Gasteiger partial charge in [0.25, 0.3) is 0 Å². The number of benzene rings is 1. The number of rotatable bonds is 6. The quantitative estimate of drug-likeness (QED) is 0.856. The fraction of sp³-hybridized carbons (Fsp3) is 0.474. The van der Waals surface area contributed by atoms with Gasteiger partial charge in [0.1, 0.15) is 5.82 Å². The summed E-state index contributed by atoms with van der Waals surface area (Å²) in [6, 6.07) is 9.96. The first-order chi connectivity index (χ1) is 11.6. The van der Waals surface area contributed by atoms with Crippen LogP contribution in [0.2, 0.25) is 0 Å². The topological polar surface area (TPSA) is 61.0 Å². The molecule has 0 unspecified atom stereocenters. The fourth-order valence-electron chi connectivity index (χ4n) is 3.26. The Morgan fingerprint density at radius 2 is 2.17 bits per heavy atom. The van der Waals surface area contributed by atoms with Crippen LogP contribution < -0.4 is 5.32 Å². The van der Waals surface area contributed by atoms with E-state index in [-0.39, 0.29) is 5.91 Å². The van der Waals surface area contributed by atoms with E-state index in [1.165, 1.54) is 0 Å². The van der Waals surface area contributed by atoms with Gasteiger partial charge in [0.2, 0.25) is 5.91 Å². The van der Waals surface area contributed by atoms with Crippen LogP contribution in [0, 0.1) is 5.92 Å². The van der Waals surface area contributed by atoms with Gasteiger partial charge in [0.05, 0.1) is 12.0 Å². The van der Waals surface area contributed by atoms with Crippen LogP contribution in [0.25, 0.3) is 0 Å². The van der Waals surface area contributed by atoms with Gasteiger partial charge in [-0.2, -0.15) is 0 Å². The van der Waals surface area contributed by atoms with Crippen LogP contribution in [-0.2, 0) is 16.8 Å². The Morgan fingerprint density at radius 3 is 2.88 bits per heavy atom. The SMILES string of the molecule is CC(C)(C(=O)NC[C@@H]1CCN(Cc2ncc[nH]2)C1)c1ccccc1. The van der Waals surface area contributed by atoms with Crippen LogP contribution >= 0.6 is 0 Å². The lowest BCUT2D eigenvalue weighted by Gasteiger charge is -2.25. The van der Waals surface area contributed by atoms with E-state index in [4.69, 9.17) is 0 Å². The van der Waals surface area contributed by atoms with Crippen molar-refractivity contribution in [3.63, 3.8) is 0 Å². The summed E-state index contributed by atoms with van der Waals surface area (Å²) < 4.78 is 0. The number of imidazole rings is 1. The maximum Gasteiger partial charge on any atom is 0.230 e. The largest absolute Gasteiger partial charge is 0.355 e. The maximum atomic E-state index is 12.6. The van der Waals surface area contributed by atoms with Gasteiger partial charge in [-0.1, -0.05) is 30.3 Å². The third-order valence-corrected chi connectivity index (χ3v) is 4.91. The average Bonchev–Trinajstić information content (AvgIpc) is 3.26. The third-order valence-electron chi connectivity index (χ3n) is 4.91. The van der Waals surface area contributed by atoms with E-state index in [1.807, 2.05) is 50.4 Å². The number of nitrogens with one attached hydrogen (secondary N) is 2. The minimum Gasteiger partial charge on any atom is -0.355 e. The number of amides is 1. The molecular formula is C19H26N4O. The molecule has 1 amide bonds. The zero-order chi connectivity index (χ0) is 17.0. The number of aromatic nitrogens is 2. The van der Waals surface area contributed by atoms with Crippen molar-refractivity contribution in [1.29, 1.82) is 0 Å². The standard InChI is InChI=1S/C19H26N4O/c1-19(2,16-6-4-3-5-7-16)18(24)22-12-15-8-11-23(13-15)14-17-20-9-10-21-17/h3-7,9-10,15H,8,11-14H2,1-2H3,(H,20,21)(H,22,24)/t15-/m0/s1. The van der Waals surface area contributed by atoms with Gasteiger partial charge in [0.15, 0.2) is 0 Å². The first kappa shape index (κ1) is 16.7. The van der Waals surface area contributed by atoms with Gasteiger partial charge >= 0.3 is 0 Å². The first-order valence-electron chi connectivity index (χ1n) is 8.60. The summed E-state index contributed by atoms with van der Waals surface area (Å²) in [6.07, 6.45) is 4.76. The number of nitrogens with zero attached hydrogens (tertiary/aromatic N) is 2. The van der Waals surface area contributed by atoms with Crippen molar-refractivity contribution in [1.82, 2.24) is 20.2 Å². The Balaban J connectivity index is 1.48. The summed E-state index contributed by atoms with van der Waals surface area (Å²) >= 11 is 0. The van der Waals surface area contributed by atoms with E-state index in [1.54, 1.807) is 6.20 Å². The van der Waals surface area contributed by atoms with Crippen molar-refractivity contribution in [2.24, 2.45) is 5.92 Å². The van der Waals surface area contributed by atoms with Crippen molar-refractivity contribution in [3.05, 3.63) is 54.1 Å². The molecule has 24 heavy (non-hydrogen) atoms. The molecule has 1 aromatic carbocycles. The number of hydrogen-bond donors (Lipinski definition) is 2. The maximum absolute atomic E-state index is 12.6. The second kappa shape index (κ2) is 7.18. The molecule has 1 aliphatic rings. The second-order valence-corrected chi connectivity index (χ2v) is 7.13. The number of likely N-dealkylation sites (tertiary alicyclic amines) is 1. The van der Waals surface area contributed by atoms with Crippen LogP contribution in [-0.4, -0.2) is 40.4 Å². The predicted octanol–water partition coefficient (Wildman–Crippen LogP) is 2.33. The molecule has 2 aromatic rings. The van der Waals surface area contributed by atoms with Crippen LogP contribution in [0.3, 0.4) is 0 Å². The molecular weight excluding hydrogens is 300 g/mol. The van der Waals surface area contributed by atoms with E-state index < -0.39 is 5.41 Å². The van der Waals surface area contributed by atoms with Gasteiger partial charge in [0, 0.05) is 25.5 Å². The van der Waals surface area contributed by atoms with Crippen molar-refractivity contribution < 1.29 is 4.79 Å². The summed E-state index contributed by atoms with van der Waals surface area (Å²) in [5.41, 5.74) is 0.543. The molecule has 2 heterocycles. The van der Waals surface area contributed by atoms with Crippen molar-refractivity contribution in [2.45, 2.75) is 32.2 Å². The minimum atomic E-state index is -0.506. The number of carbonyl (C=O) groups is 1. The fourth-order valence-corrected chi connectivity index (χ4v) is 3.26. The monoisotopic (exact) mass is 326 g/mol. The normalized spacial score (nSPS) is 18.7. The summed E-state index contributed by atoms with van der Waals surface area (Å²) in [4.78, 5) is 22.4. The highest BCUT2D eigenvalue weighted by molar-refractivity contribution is 5.87. The summed E-state index contributed by atoms with van der Waals surface area (Å²) in [5, 5.41) is 3.15. The van der Waals surface area contributed by atoms with Crippen LogP contribution in [0.1, 0.15) is 31.7 Å². The zero-order valence-corrected chi connectivity index (χ0v) is 14.5. The molecule has 0 spiro atoms. The van der Waals surface area contributed by atoms with E-state index in [0.29, 0.717) is 5.92 Å². The van der Waals surface area contributed by atoms with Crippen LogP contribution in [0.4, 0.5) is 0 Å². The average molecular weight is 326 g/mol. The van der Waals surface area contributed by atoms with Crippen molar-refractivity contribution >= 4 is 5.91 Å². The van der Waals surface area contributed by atoms with Gasteiger partial charge in [-0.3, -0.25) is 9.69 Å². The van der Waals surface area contributed by atoms with Crippen molar-refractivity contribution in [2.75, 3.05) is 19.6 Å². The third kappa shape index (κ3) is 3.85. The molecule has 1 aromatic heterocycles. The molecule has 5 heteroatoms. The lowest BCUT2D eigenvalue weighted by Crippen LogP contribution is -2.42. The number of aromatic amines is 1. The molecule has 1 aliphatic heterocycles. The number of carbonyl (C=O) groups excluding carboxylic acids is 1. The van der Waals surface area contributed by atoms with E-state index in [9.17, 15) is 4.79 Å². The predicted molar refractivity (Wildman–Crippen MR) is 94.4 cm³/mol. The second-order valence-electron chi connectivity index (χ2n) is 7.13. The molecule has 0 saturated carbocycles. The molecule has 5 nitrogen and oxygen atoms in total. The van der Waals surface area contributed by atoms with Gasteiger partial charge in [-0.05, 0) is 38.3 Å². The van der Waals surface area contributed by atoms with E-state index in [0.717, 1.165) is 44.0 Å². The molecule has 128 valence electrons. The smallest absolute Gasteiger partial charge is 0.230 e. The molecule has 0 bridgehead atoms. The Hall–Kier alpha value is -2.14. The van der Waals surface area contributed by atoms with Crippen LogP contribution in [0.5, 0.6) is 0 Å². The molecule has 2 N–H and O–H groups in total. The van der Waals surface area contributed by atoms with Crippen molar-refractivity contribution in [3.8, 4) is 0 Å². The molecule has 1 atom stereocenters. The molecule has 0 aliphatic carbocycles. The minimum absolute atomic E-state index is 0.0955. The number of H-pyrrole nitrogens is 1. The highest BCUT2D eigenvalue weighted by Gasteiger charge is 2.31. The first-order valence-corrected chi connectivity index (χ1v) is 8.60. The number of hydrogen-bond acceptors (Lipinski definition) is 3. The van der Waals surface area contributed by atoms with Gasteiger partial charge < -0.3 is 10.3 Å². The molecule has 3 rings (SSSR count). The van der Waals surface area contributed by atoms with Gasteiger partial charge in [-0.25, -0.2) is 4.98 Å². The molecule has 0 radical (unpaired) electrons. The summed E-state index contributed by atoms with van der Waals surface area (Å²) in [5.74, 6) is 1.61. The van der Waals surface area contributed by atoms with Crippen LogP contribution in [0.15, 0.2) is 42.7 Å². The van der Waals surface area contributed by atoms with Gasteiger partial charge in [-0.15, -0.1) is 0 Å². The molecule has 1 fully saturated rings. The highest BCUT2D eigenvalue weighted by atomic mass is 16.2. The Bertz CT molecular complexity index is 651. The lowest BCUT2D eigenvalue weighted by atomic mass is 9.83. The summed E-state index contributed by atoms with van der Waals surface area (Å²) in [6.45, 7) is 7.62. The molecule has 1 saturated heterocycles. The Labute approximate surface area is 143 Å². The lowest BCUT2D eigenvalue weighted by molar-refractivity contribution is -0.125. The van der Waals surface area contributed by atoms with E-state index in [2.05, 4.69) is 20.2 Å².